The van der Waals surface area contributed by atoms with Crippen molar-refractivity contribution in [2.24, 2.45) is 0 Å². The molecule has 0 unspecified atom stereocenters. The van der Waals surface area contributed by atoms with Crippen molar-refractivity contribution in [3.8, 4) is 5.75 Å². The summed E-state index contributed by atoms with van der Waals surface area (Å²) in [7, 11) is 0. The fraction of sp³-hybridized carbons (Fsp3) is 0.150. The molecule has 4 amide bonds. The molecule has 1 saturated heterocycles. The molecule has 0 bridgehead atoms. The lowest BCUT2D eigenvalue weighted by molar-refractivity contribution is -0.127. The van der Waals surface area contributed by atoms with Gasteiger partial charge in [0, 0.05) is 5.69 Å². The van der Waals surface area contributed by atoms with E-state index in [1.54, 1.807) is 24.3 Å². The van der Waals surface area contributed by atoms with Crippen molar-refractivity contribution in [2.45, 2.75) is 13.3 Å². The van der Waals surface area contributed by atoms with Crippen LogP contribution in [0.25, 0.3) is 6.08 Å². The number of imide groups is 1. The highest BCUT2D eigenvalue weighted by Crippen LogP contribution is 2.26. The Bertz CT molecular complexity index is 987. The largest absolute Gasteiger partial charge is 0.507 e. The van der Waals surface area contributed by atoms with E-state index in [4.69, 9.17) is 0 Å². The van der Waals surface area contributed by atoms with Crippen LogP contribution < -0.4 is 10.6 Å². The molecule has 7 nitrogen and oxygen atoms in total. The minimum absolute atomic E-state index is 0.0596. The SMILES string of the molecule is CCc1ccccc1NC(=O)CN1C(=O)N/C(=C/c2ccc(O)c(Br)c2)C1=O. The molecule has 1 aliphatic rings. The lowest BCUT2D eigenvalue weighted by Crippen LogP contribution is -2.38. The molecule has 3 rings (SSSR count). The molecule has 0 radical (unpaired) electrons. The Morgan fingerprint density at radius 3 is 2.71 bits per heavy atom. The third-order valence-electron chi connectivity index (χ3n) is 4.22. The zero-order valence-electron chi connectivity index (χ0n) is 15.0. The quantitative estimate of drug-likeness (QED) is 0.487. The zero-order valence-corrected chi connectivity index (χ0v) is 16.6. The van der Waals surface area contributed by atoms with Crippen LogP contribution in [0.3, 0.4) is 0 Å². The maximum absolute atomic E-state index is 12.5. The Kier molecular flexibility index (Phi) is 5.79. The summed E-state index contributed by atoms with van der Waals surface area (Å²) < 4.78 is 0.462. The first kappa shape index (κ1) is 19.6. The molecule has 0 aliphatic carbocycles. The Morgan fingerprint density at radius 1 is 1.25 bits per heavy atom. The van der Waals surface area contributed by atoms with Crippen LogP contribution in [-0.4, -0.2) is 34.4 Å². The Morgan fingerprint density at radius 2 is 2.00 bits per heavy atom. The smallest absolute Gasteiger partial charge is 0.329 e. The van der Waals surface area contributed by atoms with E-state index >= 15 is 0 Å². The molecular weight excluding hydrogens is 426 g/mol. The van der Waals surface area contributed by atoms with Gasteiger partial charge in [-0.05, 0) is 57.8 Å². The number of aryl methyl sites for hydroxylation is 1. The normalized spacial score (nSPS) is 15.1. The van der Waals surface area contributed by atoms with Crippen molar-refractivity contribution in [1.82, 2.24) is 10.2 Å². The fourth-order valence-corrected chi connectivity index (χ4v) is 3.18. The highest BCUT2D eigenvalue weighted by molar-refractivity contribution is 9.10. The van der Waals surface area contributed by atoms with Crippen LogP contribution in [0.4, 0.5) is 10.5 Å². The zero-order chi connectivity index (χ0) is 20.3. The summed E-state index contributed by atoms with van der Waals surface area (Å²) in [6.07, 6.45) is 2.23. The molecule has 0 atom stereocenters. The van der Waals surface area contributed by atoms with Crippen molar-refractivity contribution in [1.29, 1.82) is 0 Å². The molecule has 3 N–H and O–H groups in total. The number of nitrogens with one attached hydrogen (secondary N) is 2. The van der Waals surface area contributed by atoms with Crippen LogP contribution in [-0.2, 0) is 16.0 Å². The molecule has 0 aromatic heterocycles. The number of hydrogen-bond acceptors (Lipinski definition) is 4. The van der Waals surface area contributed by atoms with E-state index in [1.807, 2.05) is 19.1 Å². The molecule has 8 heteroatoms. The van der Waals surface area contributed by atoms with Gasteiger partial charge in [0.2, 0.25) is 5.91 Å². The van der Waals surface area contributed by atoms with Crippen molar-refractivity contribution in [2.75, 3.05) is 11.9 Å². The van der Waals surface area contributed by atoms with Gasteiger partial charge in [-0.25, -0.2) is 9.69 Å². The molecule has 144 valence electrons. The average molecular weight is 444 g/mol. The van der Waals surface area contributed by atoms with Crippen LogP contribution in [0.5, 0.6) is 5.75 Å². The van der Waals surface area contributed by atoms with Crippen LogP contribution >= 0.6 is 15.9 Å². The molecule has 0 spiro atoms. The molecular formula is C20H18BrN3O4. The number of nitrogens with zero attached hydrogens (tertiary/aromatic N) is 1. The average Bonchev–Trinajstić information content (AvgIpc) is 2.92. The minimum Gasteiger partial charge on any atom is -0.507 e. The molecule has 28 heavy (non-hydrogen) atoms. The minimum atomic E-state index is -0.659. The number of urea groups is 1. The molecule has 2 aromatic carbocycles. The van der Waals surface area contributed by atoms with Gasteiger partial charge in [-0.3, -0.25) is 9.59 Å². The lowest BCUT2D eigenvalue weighted by atomic mass is 10.1. The summed E-state index contributed by atoms with van der Waals surface area (Å²) in [6, 6.07) is 11.4. The summed E-state index contributed by atoms with van der Waals surface area (Å²) in [5, 5.41) is 14.8. The van der Waals surface area contributed by atoms with Crippen LogP contribution in [0.15, 0.2) is 52.6 Å². The number of amides is 4. The summed E-state index contributed by atoms with van der Waals surface area (Å²) >= 11 is 3.20. The Hall–Kier alpha value is -3.13. The van der Waals surface area contributed by atoms with Gasteiger partial charge in [-0.2, -0.15) is 0 Å². The number of rotatable bonds is 5. The standard InChI is InChI=1S/C20H18BrN3O4/c1-2-13-5-3-4-6-15(13)22-18(26)11-24-19(27)16(23-20(24)28)10-12-7-8-17(25)14(21)9-12/h3-10,25H,2,11H2,1H3,(H,22,26)(H,23,28)/b16-10+. The number of hydrogen-bond donors (Lipinski definition) is 3. The fourth-order valence-electron chi connectivity index (χ4n) is 2.78. The highest BCUT2D eigenvalue weighted by atomic mass is 79.9. The number of para-hydroxylation sites is 1. The van der Waals surface area contributed by atoms with Crippen molar-refractivity contribution < 1.29 is 19.5 Å². The van der Waals surface area contributed by atoms with Gasteiger partial charge >= 0.3 is 6.03 Å². The first-order valence-corrected chi connectivity index (χ1v) is 9.39. The van der Waals surface area contributed by atoms with Crippen molar-refractivity contribution >= 4 is 45.5 Å². The second-order valence-corrected chi connectivity index (χ2v) is 7.00. The van der Waals surface area contributed by atoms with E-state index in [0.29, 0.717) is 15.7 Å². The second-order valence-electron chi connectivity index (χ2n) is 6.15. The van der Waals surface area contributed by atoms with Gasteiger partial charge < -0.3 is 15.7 Å². The molecule has 0 saturated carbocycles. The summed E-state index contributed by atoms with van der Waals surface area (Å²) in [6.45, 7) is 1.58. The predicted molar refractivity (Wildman–Crippen MR) is 108 cm³/mol. The number of carbonyl (C=O) groups excluding carboxylic acids is 3. The highest BCUT2D eigenvalue weighted by Gasteiger charge is 2.35. The Balaban J connectivity index is 1.72. The number of benzene rings is 2. The second kappa shape index (κ2) is 8.26. The number of aromatic hydroxyl groups is 1. The van der Waals surface area contributed by atoms with E-state index in [-0.39, 0.29) is 18.0 Å². The topological polar surface area (TPSA) is 98.7 Å². The monoisotopic (exact) mass is 443 g/mol. The summed E-state index contributed by atoms with van der Waals surface area (Å²) in [5.74, 6) is -0.985. The molecule has 2 aromatic rings. The number of phenols is 1. The van der Waals surface area contributed by atoms with E-state index in [0.717, 1.165) is 16.9 Å². The third kappa shape index (κ3) is 4.23. The van der Waals surface area contributed by atoms with E-state index < -0.39 is 17.8 Å². The number of phenolic OH excluding ortho intramolecular Hbond substituents is 1. The third-order valence-corrected chi connectivity index (χ3v) is 4.85. The first-order chi connectivity index (χ1) is 13.4. The van der Waals surface area contributed by atoms with Gasteiger partial charge in [0.1, 0.15) is 18.0 Å². The maximum Gasteiger partial charge on any atom is 0.329 e. The maximum atomic E-state index is 12.5. The van der Waals surface area contributed by atoms with Gasteiger partial charge in [0.05, 0.1) is 4.47 Å². The van der Waals surface area contributed by atoms with Crippen LogP contribution in [0, 0.1) is 0 Å². The van der Waals surface area contributed by atoms with E-state index in [2.05, 4.69) is 26.6 Å². The molecule has 1 aliphatic heterocycles. The number of anilines is 1. The molecule has 1 fully saturated rings. The van der Waals surface area contributed by atoms with Gasteiger partial charge in [-0.15, -0.1) is 0 Å². The van der Waals surface area contributed by atoms with E-state index in [9.17, 15) is 19.5 Å². The number of carbonyl (C=O) groups is 3. The van der Waals surface area contributed by atoms with Crippen molar-refractivity contribution in [3.05, 3.63) is 63.8 Å². The molecule has 1 heterocycles. The lowest BCUT2D eigenvalue weighted by Gasteiger charge is -2.13. The van der Waals surface area contributed by atoms with Gasteiger partial charge in [-0.1, -0.05) is 31.2 Å². The van der Waals surface area contributed by atoms with Crippen molar-refractivity contribution in [3.63, 3.8) is 0 Å². The van der Waals surface area contributed by atoms with Crippen LogP contribution in [0.2, 0.25) is 0 Å². The first-order valence-electron chi connectivity index (χ1n) is 8.60. The van der Waals surface area contributed by atoms with Gasteiger partial charge in [0.25, 0.3) is 5.91 Å². The van der Waals surface area contributed by atoms with Crippen LogP contribution in [0.1, 0.15) is 18.1 Å². The number of halogens is 1. The summed E-state index contributed by atoms with van der Waals surface area (Å²) in [5.41, 5.74) is 2.29. The van der Waals surface area contributed by atoms with E-state index in [1.165, 1.54) is 12.1 Å². The summed E-state index contributed by atoms with van der Waals surface area (Å²) in [4.78, 5) is 37.8. The Labute approximate surface area is 170 Å². The van der Waals surface area contributed by atoms with Gasteiger partial charge in [0.15, 0.2) is 0 Å². The predicted octanol–water partition coefficient (Wildman–Crippen LogP) is 3.25.